The van der Waals surface area contributed by atoms with E-state index in [1.54, 1.807) is 6.20 Å². The number of amidine groups is 1. The fourth-order valence-corrected chi connectivity index (χ4v) is 4.67. The Hall–Kier alpha value is -3.71. The molecule has 7 heteroatoms. The van der Waals surface area contributed by atoms with E-state index in [0.717, 1.165) is 47.0 Å². The summed E-state index contributed by atoms with van der Waals surface area (Å²) in [6, 6.07) is 17.4. The van der Waals surface area contributed by atoms with Crippen LogP contribution in [0.5, 0.6) is 11.5 Å². The second-order valence-electron chi connectivity index (χ2n) is 10.5. The van der Waals surface area contributed by atoms with Gasteiger partial charge in [-0.15, -0.1) is 0 Å². The standard InChI is InChI=1S/C29H32N4O3/c1-29(2,3)20-5-4-6-21(16-20)33-28(35)24-14-19-13-22(8-7-18(19)15-26(24)34)36-23-9-10-30-25(17-23)27-31-11-12-32-27/h4-10,13,16-17,24,26,34H,11-12,14-15H2,1-3H3,(H,31,32)(H,33,35). The highest BCUT2D eigenvalue weighted by atomic mass is 16.5. The van der Waals surface area contributed by atoms with Crippen molar-refractivity contribution in [1.82, 2.24) is 10.3 Å². The summed E-state index contributed by atoms with van der Waals surface area (Å²) in [6.07, 6.45) is 1.84. The van der Waals surface area contributed by atoms with Gasteiger partial charge in [-0.2, -0.15) is 0 Å². The number of amides is 1. The maximum Gasteiger partial charge on any atom is 0.230 e. The minimum absolute atomic E-state index is 0.0168. The molecule has 0 saturated heterocycles. The van der Waals surface area contributed by atoms with Crippen LogP contribution in [0.25, 0.3) is 0 Å². The zero-order valence-electron chi connectivity index (χ0n) is 20.9. The zero-order valence-corrected chi connectivity index (χ0v) is 20.9. The number of anilines is 1. The quantitative estimate of drug-likeness (QED) is 0.504. The van der Waals surface area contributed by atoms with Crippen LogP contribution < -0.4 is 15.4 Å². The molecule has 0 bridgehead atoms. The third-order valence-corrected chi connectivity index (χ3v) is 6.73. The molecule has 0 saturated carbocycles. The number of carbonyl (C=O) groups is 1. The van der Waals surface area contributed by atoms with Crippen LogP contribution in [0.2, 0.25) is 0 Å². The van der Waals surface area contributed by atoms with Gasteiger partial charge in [0.2, 0.25) is 5.91 Å². The van der Waals surface area contributed by atoms with Gasteiger partial charge in [0.25, 0.3) is 0 Å². The Morgan fingerprint density at radius 2 is 1.89 bits per heavy atom. The number of nitrogens with one attached hydrogen (secondary N) is 2. The summed E-state index contributed by atoms with van der Waals surface area (Å²) in [5.41, 5.74) is 4.67. The lowest BCUT2D eigenvalue weighted by Gasteiger charge is -2.29. The maximum atomic E-state index is 13.2. The number of aromatic nitrogens is 1. The van der Waals surface area contributed by atoms with Crippen molar-refractivity contribution in [1.29, 1.82) is 0 Å². The Kier molecular flexibility index (Phi) is 6.49. The Labute approximate surface area is 211 Å². The molecule has 0 radical (unpaired) electrons. The van der Waals surface area contributed by atoms with Crippen molar-refractivity contribution in [3.8, 4) is 11.5 Å². The molecule has 3 aromatic rings. The normalized spacial score (nSPS) is 19.2. The van der Waals surface area contributed by atoms with Crippen LogP contribution in [0.1, 0.15) is 43.2 Å². The highest BCUT2D eigenvalue weighted by molar-refractivity contribution is 5.98. The lowest BCUT2D eigenvalue weighted by molar-refractivity contribution is -0.123. The molecule has 5 rings (SSSR count). The van der Waals surface area contributed by atoms with E-state index in [-0.39, 0.29) is 11.3 Å². The minimum atomic E-state index is -0.738. The molecule has 1 aliphatic carbocycles. The van der Waals surface area contributed by atoms with E-state index in [9.17, 15) is 9.90 Å². The Morgan fingerprint density at radius 3 is 2.67 bits per heavy atom. The van der Waals surface area contributed by atoms with Gasteiger partial charge in [0.15, 0.2) is 0 Å². The van der Waals surface area contributed by atoms with Crippen molar-refractivity contribution < 1.29 is 14.6 Å². The first kappa shape index (κ1) is 24.0. The summed E-state index contributed by atoms with van der Waals surface area (Å²) in [6.45, 7) is 7.98. The maximum absolute atomic E-state index is 13.2. The Balaban J connectivity index is 1.30. The number of pyridine rings is 1. The van der Waals surface area contributed by atoms with E-state index < -0.39 is 12.0 Å². The predicted molar refractivity (Wildman–Crippen MR) is 141 cm³/mol. The van der Waals surface area contributed by atoms with Gasteiger partial charge in [-0.25, -0.2) is 0 Å². The van der Waals surface area contributed by atoms with E-state index in [0.29, 0.717) is 24.3 Å². The van der Waals surface area contributed by atoms with E-state index in [1.165, 1.54) is 0 Å². The van der Waals surface area contributed by atoms with E-state index >= 15 is 0 Å². The van der Waals surface area contributed by atoms with E-state index in [2.05, 4.69) is 47.4 Å². The summed E-state index contributed by atoms with van der Waals surface area (Å²) in [7, 11) is 0. The molecule has 2 aliphatic rings. The van der Waals surface area contributed by atoms with Gasteiger partial charge in [0.1, 0.15) is 23.0 Å². The fraction of sp³-hybridized carbons (Fsp3) is 0.345. The van der Waals surface area contributed by atoms with Gasteiger partial charge in [-0.3, -0.25) is 14.8 Å². The van der Waals surface area contributed by atoms with Crippen molar-refractivity contribution in [2.45, 2.75) is 45.1 Å². The molecule has 1 aliphatic heterocycles. The van der Waals surface area contributed by atoms with E-state index in [4.69, 9.17) is 4.74 Å². The van der Waals surface area contributed by atoms with Gasteiger partial charge >= 0.3 is 0 Å². The van der Waals surface area contributed by atoms with Gasteiger partial charge in [0, 0.05) is 24.5 Å². The summed E-state index contributed by atoms with van der Waals surface area (Å²) >= 11 is 0. The lowest BCUT2D eigenvalue weighted by atomic mass is 9.81. The zero-order chi connectivity index (χ0) is 25.3. The fourth-order valence-electron chi connectivity index (χ4n) is 4.67. The molecule has 36 heavy (non-hydrogen) atoms. The molecule has 1 aromatic heterocycles. The lowest BCUT2D eigenvalue weighted by Crippen LogP contribution is -2.39. The number of benzene rings is 2. The molecular weight excluding hydrogens is 452 g/mol. The summed E-state index contributed by atoms with van der Waals surface area (Å²) in [5, 5.41) is 17.0. The number of carbonyl (C=O) groups excluding carboxylic acids is 1. The number of ether oxygens (including phenoxy) is 1. The van der Waals surface area contributed by atoms with Crippen molar-refractivity contribution in [3.63, 3.8) is 0 Å². The molecule has 2 unspecified atom stereocenters. The van der Waals surface area contributed by atoms with Crippen LogP contribution >= 0.6 is 0 Å². The summed E-state index contributed by atoms with van der Waals surface area (Å²) in [5.74, 6) is 1.42. The van der Waals surface area contributed by atoms with E-state index in [1.807, 2.05) is 48.5 Å². The van der Waals surface area contributed by atoms with Crippen LogP contribution in [-0.2, 0) is 23.1 Å². The number of hydrogen-bond donors (Lipinski definition) is 3. The van der Waals surface area contributed by atoms with Gasteiger partial charge in [0.05, 0.1) is 18.6 Å². The van der Waals surface area contributed by atoms with Crippen LogP contribution in [0.15, 0.2) is 65.8 Å². The second-order valence-corrected chi connectivity index (χ2v) is 10.5. The van der Waals surface area contributed by atoms with Crippen molar-refractivity contribution >= 4 is 17.4 Å². The first-order valence-corrected chi connectivity index (χ1v) is 12.4. The highest BCUT2D eigenvalue weighted by Gasteiger charge is 2.33. The van der Waals surface area contributed by atoms with Crippen molar-refractivity contribution in [3.05, 3.63) is 83.2 Å². The smallest absolute Gasteiger partial charge is 0.230 e. The molecule has 7 nitrogen and oxygen atoms in total. The Morgan fingerprint density at radius 1 is 1.06 bits per heavy atom. The van der Waals surface area contributed by atoms with Crippen LogP contribution in [-0.4, -0.2) is 41.0 Å². The number of fused-ring (bicyclic) bond motifs is 1. The van der Waals surface area contributed by atoms with Crippen molar-refractivity contribution in [2.24, 2.45) is 10.9 Å². The molecule has 2 aromatic carbocycles. The number of rotatable bonds is 5. The molecular formula is C29H32N4O3. The van der Waals surface area contributed by atoms with Crippen LogP contribution in [0.3, 0.4) is 0 Å². The number of aliphatic hydroxyl groups excluding tert-OH is 1. The van der Waals surface area contributed by atoms with Crippen molar-refractivity contribution in [2.75, 3.05) is 18.4 Å². The van der Waals surface area contributed by atoms with Gasteiger partial charge < -0.3 is 20.5 Å². The molecule has 3 N–H and O–H groups in total. The van der Waals surface area contributed by atoms with Gasteiger partial charge in [-0.1, -0.05) is 39.0 Å². The molecule has 1 amide bonds. The second kappa shape index (κ2) is 9.74. The largest absolute Gasteiger partial charge is 0.457 e. The summed E-state index contributed by atoms with van der Waals surface area (Å²) in [4.78, 5) is 22.0. The topological polar surface area (TPSA) is 95.8 Å². The molecule has 0 spiro atoms. The van der Waals surface area contributed by atoms with Gasteiger partial charge in [-0.05, 0) is 65.3 Å². The Bertz CT molecular complexity index is 1310. The average molecular weight is 485 g/mol. The third-order valence-electron chi connectivity index (χ3n) is 6.73. The SMILES string of the molecule is CC(C)(C)c1cccc(NC(=O)C2Cc3cc(Oc4ccnc(C5=NCCN5)c4)ccc3CC2O)c1. The molecule has 2 atom stereocenters. The highest BCUT2D eigenvalue weighted by Crippen LogP contribution is 2.32. The summed E-state index contributed by atoms with van der Waals surface area (Å²) < 4.78 is 6.12. The number of hydrogen-bond acceptors (Lipinski definition) is 6. The molecule has 186 valence electrons. The number of aliphatic imine (C=N–C) groups is 1. The third kappa shape index (κ3) is 5.26. The number of aliphatic hydroxyl groups is 1. The molecule has 0 fully saturated rings. The number of nitrogens with zero attached hydrogens (tertiary/aromatic N) is 2. The monoisotopic (exact) mass is 484 g/mol. The first-order valence-electron chi connectivity index (χ1n) is 12.4. The van der Waals surface area contributed by atoms with Crippen LogP contribution in [0.4, 0.5) is 5.69 Å². The first-order chi connectivity index (χ1) is 17.3. The predicted octanol–water partition coefficient (Wildman–Crippen LogP) is 4.24. The van der Waals surface area contributed by atoms with Crippen LogP contribution in [0, 0.1) is 5.92 Å². The minimum Gasteiger partial charge on any atom is -0.457 e. The molecule has 2 heterocycles. The average Bonchev–Trinajstić information content (AvgIpc) is 3.39.